The molecule has 1 amide bonds. The molecule has 0 saturated heterocycles. The van der Waals surface area contributed by atoms with E-state index >= 15 is 0 Å². The first kappa shape index (κ1) is 12.6. The molecule has 0 aliphatic carbocycles. The van der Waals surface area contributed by atoms with Crippen molar-refractivity contribution in [1.82, 2.24) is 4.98 Å². The molecule has 1 aromatic carbocycles. The number of halogens is 1. The molecule has 18 heavy (non-hydrogen) atoms. The number of pyridine rings is 1. The van der Waals surface area contributed by atoms with Crippen molar-refractivity contribution in [3.05, 3.63) is 52.6 Å². The lowest BCUT2D eigenvalue weighted by molar-refractivity contribution is 0.102. The van der Waals surface area contributed by atoms with Gasteiger partial charge < -0.3 is 10.6 Å². The average Bonchev–Trinajstić information content (AvgIpc) is 2.39. The molecule has 0 spiro atoms. The van der Waals surface area contributed by atoms with Crippen molar-refractivity contribution in [3.63, 3.8) is 0 Å². The Morgan fingerprint density at radius 2 is 2.11 bits per heavy atom. The van der Waals surface area contributed by atoms with Crippen molar-refractivity contribution in [2.45, 2.75) is 0 Å². The minimum atomic E-state index is -0.178. The van der Waals surface area contributed by atoms with Crippen LogP contribution in [-0.2, 0) is 0 Å². The Balaban J connectivity index is 2.11. The molecule has 1 heterocycles. The van der Waals surface area contributed by atoms with E-state index < -0.39 is 0 Å². The fourth-order valence-electron chi connectivity index (χ4n) is 1.45. The number of nitrogens with one attached hydrogen (secondary N) is 2. The molecule has 0 radical (unpaired) electrons. The number of hydrogen-bond donors (Lipinski definition) is 2. The van der Waals surface area contributed by atoms with Gasteiger partial charge in [0.25, 0.3) is 5.91 Å². The topological polar surface area (TPSA) is 54.0 Å². The summed E-state index contributed by atoms with van der Waals surface area (Å²) in [5, 5.41) is 5.71. The lowest BCUT2D eigenvalue weighted by Gasteiger charge is -2.06. The second-order valence-corrected chi connectivity index (χ2v) is 4.56. The number of benzene rings is 1. The fourth-order valence-corrected chi connectivity index (χ4v) is 1.84. The van der Waals surface area contributed by atoms with Crippen molar-refractivity contribution in [3.8, 4) is 0 Å². The van der Waals surface area contributed by atoms with Crippen LogP contribution in [0.25, 0.3) is 0 Å². The Bertz CT molecular complexity index is 554. The minimum absolute atomic E-state index is 0.178. The molecule has 2 N–H and O–H groups in total. The Labute approximate surface area is 114 Å². The molecule has 2 aromatic rings. The molecular weight excluding hydrogens is 294 g/mol. The van der Waals surface area contributed by atoms with Crippen molar-refractivity contribution in [2.75, 3.05) is 17.7 Å². The molecule has 0 bridgehead atoms. The SMILES string of the molecule is CNc1ccc(C(=O)Nc2cccc(Br)c2)cn1. The number of nitrogens with zero attached hydrogens (tertiary/aromatic N) is 1. The van der Waals surface area contributed by atoms with Crippen LogP contribution in [0, 0.1) is 0 Å². The van der Waals surface area contributed by atoms with E-state index in [2.05, 4.69) is 31.5 Å². The quantitative estimate of drug-likeness (QED) is 0.916. The minimum Gasteiger partial charge on any atom is -0.373 e. The largest absolute Gasteiger partial charge is 0.373 e. The van der Waals surface area contributed by atoms with Crippen molar-refractivity contribution >= 4 is 33.3 Å². The highest BCUT2D eigenvalue weighted by atomic mass is 79.9. The maximum absolute atomic E-state index is 11.9. The number of carbonyl (C=O) groups is 1. The smallest absolute Gasteiger partial charge is 0.257 e. The molecule has 0 fully saturated rings. The highest BCUT2D eigenvalue weighted by Gasteiger charge is 2.06. The highest BCUT2D eigenvalue weighted by molar-refractivity contribution is 9.10. The van der Waals surface area contributed by atoms with Crippen LogP contribution < -0.4 is 10.6 Å². The van der Waals surface area contributed by atoms with Crippen LogP contribution in [0.5, 0.6) is 0 Å². The second kappa shape index (κ2) is 5.64. The summed E-state index contributed by atoms with van der Waals surface area (Å²) in [6.45, 7) is 0. The van der Waals surface area contributed by atoms with Crippen molar-refractivity contribution in [1.29, 1.82) is 0 Å². The molecule has 5 heteroatoms. The Morgan fingerprint density at radius 1 is 1.28 bits per heavy atom. The van der Waals surface area contributed by atoms with E-state index in [4.69, 9.17) is 0 Å². The summed E-state index contributed by atoms with van der Waals surface area (Å²) in [5.41, 5.74) is 1.26. The van der Waals surface area contributed by atoms with Crippen molar-refractivity contribution in [2.24, 2.45) is 0 Å². The Morgan fingerprint density at radius 3 is 2.72 bits per heavy atom. The normalized spacial score (nSPS) is 9.89. The summed E-state index contributed by atoms with van der Waals surface area (Å²) >= 11 is 3.36. The predicted octanol–water partition coefficient (Wildman–Crippen LogP) is 3.14. The van der Waals surface area contributed by atoms with Gasteiger partial charge in [0.1, 0.15) is 5.82 Å². The molecule has 0 aliphatic rings. The summed E-state index contributed by atoms with van der Waals surface area (Å²) < 4.78 is 0.920. The molecule has 0 unspecified atom stereocenters. The number of amides is 1. The fraction of sp³-hybridized carbons (Fsp3) is 0.0769. The number of aromatic nitrogens is 1. The van der Waals surface area contributed by atoms with Gasteiger partial charge in [0.2, 0.25) is 0 Å². The zero-order chi connectivity index (χ0) is 13.0. The third-order valence-electron chi connectivity index (χ3n) is 2.36. The van der Waals surface area contributed by atoms with Crippen LogP contribution >= 0.6 is 15.9 Å². The van der Waals surface area contributed by atoms with Gasteiger partial charge >= 0.3 is 0 Å². The van der Waals surface area contributed by atoms with Crippen LogP contribution in [0.1, 0.15) is 10.4 Å². The first-order valence-electron chi connectivity index (χ1n) is 5.40. The second-order valence-electron chi connectivity index (χ2n) is 3.65. The standard InChI is InChI=1S/C13H12BrN3O/c1-15-12-6-5-9(8-16-12)13(18)17-11-4-2-3-10(14)7-11/h2-8H,1H3,(H,15,16)(H,17,18). The van der Waals surface area contributed by atoms with Crippen LogP contribution in [0.15, 0.2) is 47.1 Å². The molecule has 0 aliphatic heterocycles. The first-order chi connectivity index (χ1) is 8.69. The lowest BCUT2D eigenvalue weighted by Crippen LogP contribution is -2.12. The van der Waals surface area contributed by atoms with E-state index in [1.165, 1.54) is 0 Å². The van der Waals surface area contributed by atoms with Crippen LogP contribution in [-0.4, -0.2) is 17.9 Å². The maximum Gasteiger partial charge on any atom is 0.257 e. The zero-order valence-corrected chi connectivity index (χ0v) is 11.4. The van der Waals surface area contributed by atoms with Gasteiger partial charge in [-0.05, 0) is 30.3 Å². The van der Waals surface area contributed by atoms with Gasteiger partial charge in [0.15, 0.2) is 0 Å². The molecule has 2 rings (SSSR count). The first-order valence-corrected chi connectivity index (χ1v) is 6.19. The summed E-state index contributed by atoms with van der Waals surface area (Å²) in [5.74, 6) is 0.553. The Kier molecular flexibility index (Phi) is 3.94. The van der Waals surface area contributed by atoms with Gasteiger partial charge in [-0.15, -0.1) is 0 Å². The van der Waals surface area contributed by atoms with E-state index in [9.17, 15) is 4.79 Å². The zero-order valence-electron chi connectivity index (χ0n) is 9.77. The third kappa shape index (κ3) is 3.07. The van der Waals surface area contributed by atoms with Gasteiger partial charge in [-0.2, -0.15) is 0 Å². The van der Waals surface area contributed by atoms with Gasteiger partial charge in [0, 0.05) is 23.4 Å². The molecule has 92 valence electrons. The number of hydrogen-bond acceptors (Lipinski definition) is 3. The molecule has 0 atom stereocenters. The van der Waals surface area contributed by atoms with E-state index in [0.29, 0.717) is 5.56 Å². The van der Waals surface area contributed by atoms with Gasteiger partial charge in [-0.25, -0.2) is 4.98 Å². The lowest BCUT2D eigenvalue weighted by atomic mass is 10.2. The Hall–Kier alpha value is -1.88. The van der Waals surface area contributed by atoms with E-state index in [1.54, 1.807) is 25.4 Å². The van der Waals surface area contributed by atoms with Gasteiger partial charge in [-0.3, -0.25) is 4.79 Å². The number of anilines is 2. The molecule has 0 saturated carbocycles. The van der Waals surface area contributed by atoms with E-state index in [0.717, 1.165) is 16.0 Å². The van der Waals surface area contributed by atoms with E-state index in [-0.39, 0.29) is 5.91 Å². The number of rotatable bonds is 3. The number of carbonyl (C=O) groups excluding carboxylic acids is 1. The van der Waals surface area contributed by atoms with Crippen molar-refractivity contribution < 1.29 is 4.79 Å². The van der Waals surface area contributed by atoms with Crippen LogP contribution in [0.2, 0.25) is 0 Å². The summed E-state index contributed by atoms with van der Waals surface area (Å²) in [6.07, 6.45) is 1.54. The summed E-state index contributed by atoms with van der Waals surface area (Å²) in [4.78, 5) is 16.0. The summed E-state index contributed by atoms with van der Waals surface area (Å²) in [6, 6.07) is 10.9. The highest BCUT2D eigenvalue weighted by Crippen LogP contribution is 2.16. The molecular formula is C13H12BrN3O. The van der Waals surface area contributed by atoms with E-state index in [1.807, 2.05) is 24.3 Å². The molecule has 1 aromatic heterocycles. The average molecular weight is 306 g/mol. The van der Waals surface area contributed by atoms with Crippen LogP contribution in [0.3, 0.4) is 0 Å². The molecule has 4 nitrogen and oxygen atoms in total. The van der Waals surface area contributed by atoms with Gasteiger partial charge in [-0.1, -0.05) is 22.0 Å². The third-order valence-corrected chi connectivity index (χ3v) is 2.86. The monoisotopic (exact) mass is 305 g/mol. The summed E-state index contributed by atoms with van der Waals surface area (Å²) in [7, 11) is 1.78. The van der Waals surface area contributed by atoms with Crippen LogP contribution in [0.4, 0.5) is 11.5 Å². The van der Waals surface area contributed by atoms with Gasteiger partial charge in [0.05, 0.1) is 5.56 Å². The maximum atomic E-state index is 11.9. The predicted molar refractivity (Wildman–Crippen MR) is 75.9 cm³/mol.